The predicted octanol–water partition coefficient (Wildman–Crippen LogP) is 4.63. The molecule has 0 aliphatic rings. The van der Waals surface area contributed by atoms with E-state index < -0.39 is 0 Å². The minimum Gasteiger partial charge on any atom is -0.183 e. The first-order chi connectivity index (χ1) is 3.91. The highest BCUT2D eigenvalue weighted by atomic mass is 33.1. The van der Waals surface area contributed by atoms with Gasteiger partial charge in [0, 0.05) is 0 Å². The molecule has 0 aromatic heterocycles. The molecule has 4 heteroatoms. The van der Waals surface area contributed by atoms with Crippen LogP contribution >= 0.6 is 46.8 Å². The van der Waals surface area contributed by atoms with Crippen LogP contribution in [-0.2, 0) is 0 Å². The third-order valence-corrected chi connectivity index (χ3v) is 1.50. The Morgan fingerprint density at radius 1 is 0.636 bits per heavy atom. The summed E-state index contributed by atoms with van der Waals surface area (Å²) in [6, 6.07) is 0. The van der Waals surface area contributed by atoms with Crippen molar-refractivity contribution in [1.82, 2.24) is 0 Å². The molecular formula is C7H26S4. The molecule has 0 heterocycles. The first-order valence-corrected chi connectivity index (χ1v) is 6.63. The predicted molar refractivity (Wildman–Crippen MR) is 77.0 cm³/mol. The highest BCUT2D eigenvalue weighted by molar-refractivity contribution is 8.76. The van der Waals surface area contributed by atoms with Crippen molar-refractivity contribution in [2.45, 2.75) is 22.3 Å². The average Bonchev–Trinajstić information content (AvgIpc) is 1.96. The fourth-order valence-electron chi connectivity index (χ4n) is 0. The lowest BCUT2D eigenvalue weighted by Crippen LogP contribution is -1.28. The van der Waals surface area contributed by atoms with Gasteiger partial charge in [0.1, 0.15) is 0 Å². The quantitative estimate of drug-likeness (QED) is 0.505. The van der Waals surface area contributed by atoms with E-state index >= 15 is 0 Å². The van der Waals surface area contributed by atoms with Crippen molar-refractivity contribution in [3.05, 3.63) is 0 Å². The Morgan fingerprint density at radius 3 is 0.727 bits per heavy atom. The standard InChI is InChI=1S/C2H6S2.2CH4S.3CH4/c1-3-4-2;2*1-2;;;/h1-2H3;2*2H,1H3;3*1H4. The molecule has 0 saturated heterocycles. The van der Waals surface area contributed by atoms with Crippen LogP contribution in [0.1, 0.15) is 22.3 Å². The van der Waals surface area contributed by atoms with E-state index in [1.54, 1.807) is 34.1 Å². The smallest absolute Gasteiger partial charge is 0.00793 e. The molecule has 0 aliphatic carbocycles. The SMILES string of the molecule is C.C.C.CS.CS.CSSC. The summed E-state index contributed by atoms with van der Waals surface area (Å²) in [5.74, 6) is 0. The second kappa shape index (κ2) is 107. The Hall–Kier alpha value is 1.40. The molecule has 0 aliphatic heterocycles. The van der Waals surface area contributed by atoms with Gasteiger partial charge in [0.2, 0.25) is 0 Å². The molecule has 0 aromatic rings. The zero-order valence-corrected chi connectivity index (χ0v) is 9.13. The number of thiol groups is 2. The van der Waals surface area contributed by atoms with E-state index in [0.717, 1.165) is 0 Å². The second-order valence-corrected chi connectivity index (χ2v) is 3.00. The lowest BCUT2D eigenvalue weighted by atomic mass is 12.0. The minimum atomic E-state index is 0. The van der Waals surface area contributed by atoms with Gasteiger partial charge in [-0.15, -0.1) is 0 Å². The molecule has 0 unspecified atom stereocenters. The van der Waals surface area contributed by atoms with Crippen molar-refractivity contribution in [1.29, 1.82) is 0 Å². The second-order valence-electron chi connectivity index (χ2n) is 0.333. The molecule has 0 rings (SSSR count). The minimum absolute atomic E-state index is 0. The zero-order valence-electron chi connectivity index (χ0n) is 5.71. The Kier molecular flexibility index (Phi) is 381. The highest BCUT2D eigenvalue weighted by Gasteiger charge is 1.55. The average molecular weight is 239 g/mol. The van der Waals surface area contributed by atoms with Crippen LogP contribution in [0.25, 0.3) is 0 Å². The van der Waals surface area contributed by atoms with Gasteiger partial charge in [0.05, 0.1) is 0 Å². The fraction of sp³-hybridized carbons (Fsp3) is 1.00. The monoisotopic (exact) mass is 238 g/mol. The maximum atomic E-state index is 3.53. The Labute approximate surface area is 93.9 Å². The summed E-state index contributed by atoms with van der Waals surface area (Å²) < 4.78 is 0. The molecule has 11 heavy (non-hydrogen) atoms. The van der Waals surface area contributed by atoms with Crippen molar-refractivity contribution in [3.8, 4) is 0 Å². The summed E-state index contributed by atoms with van der Waals surface area (Å²) in [4.78, 5) is 0. The maximum Gasteiger partial charge on any atom is -0.00793 e. The van der Waals surface area contributed by atoms with Crippen LogP contribution in [0.15, 0.2) is 0 Å². The molecule has 0 N–H and O–H groups in total. The third-order valence-electron chi connectivity index (χ3n) is 0.167. The van der Waals surface area contributed by atoms with E-state index in [9.17, 15) is 0 Å². The van der Waals surface area contributed by atoms with Gasteiger partial charge < -0.3 is 0 Å². The molecule has 0 atom stereocenters. The molecule has 0 saturated carbocycles. The molecule has 0 spiro atoms. The van der Waals surface area contributed by atoms with Gasteiger partial charge in [-0.25, -0.2) is 0 Å². The summed E-state index contributed by atoms with van der Waals surface area (Å²) in [6.07, 6.45) is 7.51. The summed E-state index contributed by atoms with van der Waals surface area (Å²) in [7, 11) is 3.55. The Morgan fingerprint density at radius 2 is 0.727 bits per heavy atom. The molecule has 0 fully saturated rings. The molecule has 0 radical (unpaired) electrons. The first-order valence-electron chi connectivity index (χ1n) is 1.88. The molecule has 0 aromatic carbocycles. The van der Waals surface area contributed by atoms with Crippen LogP contribution in [0.3, 0.4) is 0 Å². The lowest BCUT2D eigenvalue weighted by molar-refractivity contribution is 2.50. The van der Waals surface area contributed by atoms with E-state index in [1.165, 1.54) is 0 Å². The lowest BCUT2D eigenvalue weighted by Gasteiger charge is -1.69. The van der Waals surface area contributed by atoms with Crippen LogP contribution in [0, 0.1) is 0 Å². The van der Waals surface area contributed by atoms with Crippen molar-refractivity contribution in [3.63, 3.8) is 0 Å². The topological polar surface area (TPSA) is 0 Å². The Balaban J connectivity index is -0.00000000813. The summed E-state index contributed by atoms with van der Waals surface area (Å²) >= 11 is 7.06. The maximum absolute atomic E-state index is 3.53. The van der Waals surface area contributed by atoms with E-state index in [4.69, 9.17) is 0 Å². The number of hydrogen-bond acceptors (Lipinski definition) is 4. The van der Waals surface area contributed by atoms with Gasteiger partial charge in [-0.2, -0.15) is 25.3 Å². The van der Waals surface area contributed by atoms with E-state index in [2.05, 4.69) is 37.8 Å². The molecular weight excluding hydrogens is 212 g/mol. The number of rotatable bonds is 1. The molecule has 78 valence electrons. The largest absolute Gasteiger partial charge is 0.183 e. The van der Waals surface area contributed by atoms with Gasteiger partial charge in [-0.1, -0.05) is 43.9 Å². The summed E-state index contributed by atoms with van der Waals surface area (Å²) in [5, 5.41) is 0. The van der Waals surface area contributed by atoms with Crippen LogP contribution < -0.4 is 0 Å². The van der Waals surface area contributed by atoms with Gasteiger partial charge in [-0.3, -0.25) is 0 Å². The van der Waals surface area contributed by atoms with Crippen LogP contribution in [0.2, 0.25) is 0 Å². The normalized spacial score (nSPS) is 3.82. The number of hydrogen-bond donors (Lipinski definition) is 2. The van der Waals surface area contributed by atoms with Gasteiger partial charge in [0.15, 0.2) is 0 Å². The van der Waals surface area contributed by atoms with E-state index in [1.807, 2.05) is 0 Å². The van der Waals surface area contributed by atoms with Crippen LogP contribution in [0.5, 0.6) is 0 Å². The fourth-order valence-corrected chi connectivity index (χ4v) is 0. The van der Waals surface area contributed by atoms with Gasteiger partial charge in [-0.05, 0) is 25.0 Å². The molecule has 0 nitrogen and oxygen atoms in total. The third kappa shape index (κ3) is 175. The van der Waals surface area contributed by atoms with E-state index in [0.29, 0.717) is 0 Å². The van der Waals surface area contributed by atoms with E-state index in [-0.39, 0.29) is 22.3 Å². The Bertz CT molecular complexity index is 12.4. The first kappa shape index (κ1) is 39.3. The summed E-state index contributed by atoms with van der Waals surface area (Å²) in [5.41, 5.74) is 0. The van der Waals surface area contributed by atoms with Crippen molar-refractivity contribution in [2.75, 3.05) is 25.0 Å². The van der Waals surface area contributed by atoms with Crippen molar-refractivity contribution >= 4 is 46.8 Å². The van der Waals surface area contributed by atoms with Gasteiger partial charge >= 0.3 is 0 Å². The molecule has 0 amide bonds. The van der Waals surface area contributed by atoms with Crippen molar-refractivity contribution < 1.29 is 0 Å². The van der Waals surface area contributed by atoms with Crippen LogP contribution in [-0.4, -0.2) is 25.0 Å². The highest BCUT2D eigenvalue weighted by Crippen LogP contribution is 2.09. The molecule has 0 bridgehead atoms. The van der Waals surface area contributed by atoms with Gasteiger partial charge in [0.25, 0.3) is 0 Å². The zero-order chi connectivity index (χ0) is 7.41. The van der Waals surface area contributed by atoms with Crippen LogP contribution in [0.4, 0.5) is 0 Å². The van der Waals surface area contributed by atoms with Crippen molar-refractivity contribution in [2.24, 2.45) is 0 Å². The summed E-state index contributed by atoms with van der Waals surface area (Å²) in [6.45, 7) is 0.